The van der Waals surface area contributed by atoms with Crippen molar-refractivity contribution in [3.05, 3.63) is 81.8 Å². The second-order valence-electron chi connectivity index (χ2n) is 7.59. The van der Waals surface area contributed by atoms with Gasteiger partial charge in [-0.1, -0.05) is 53.5 Å². The van der Waals surface area contributed by atoms with E-state index < -0.39 is 43.1 Å². The SMILES string of the molecule is Nc1c(N=Nc2cc(Cl)c(S(=O)(=O)[O-])cc2Cl)c(-c2ccccc2)nn1-c1cc(C(=O)[O-])cc(C(=O)[O-])c1.[Na+].[Na+].[Na+]. The summed E-state index contributed by atoms with van der Waals surface area (Å²) in [5.74, 6) is -3.45. The van der Waals surface area contributed by atoms with Crippen molar-refractivity contribution in [2.45, 2.75) is 4.90 Å². The van der Waals surface area contributed by atoms with Gasteiger partial charge in [-0.25, -0.2) is 13.1 Å². The maximum absolute atomic E-state index is 11.4. The molecule has 1 aromatic heterocycles. The number of halogens is 2. The van der Waals surface area contributed by atoms with Gasteiger partial charge in [0.1, 0.15) is 21.5 Å². The molecule has 0 saturated carbocycles. The molecule has 2 N–H and O–H groups in total. The van der Waals surface area contributed by atoms with Gasteiger partial charge in [0, 0.05) is 5.56 Å². The zero-order valence-electron chi connectivity index (χ0n) is 21.7. The van der Waals surface area contributed by atoms with Gasteiger partial charge in [0.2, 0.25) is 0 Å². The predicted molar refractivity (Wildman–Crippen MR) is 131 cm³/mol. The number of nitrogens with zero attached hydrogens (tertiary/aromatic N) is 4. The van der Waals surface area contributed by atoms with Gasteiger partial charge in [-0.3, -0.25) is 0 Å². The van der Waals surface area contributed by atoms with Crippen LogP contribution >= 0.6 is 23.2 Å². The summed E-state index contributed by atoms with van der Waals surface area (Å²) >= 11 is 12.0. The number of hydrogen-bond acceptors (Lipinski definition) is 11. The van der Waals surface area contributed by atoms with Crippen molar-refractivity contribution < 1.29 is 121 Å². The van der Waals surface area contributed by atoms with E-state index in [9.17, 15) is 32.8 Å². The van der Waals surface area contributed by atoms with Gasteiger partial charge in [-0.15, -0.1) is 10.2 Å². The van der Waals surface area contributed by atoms with Crippen LogP contribution in [0.25, 0.3) is 16.9 Å². The molecular weight excluding hydrogens is 630 g/mol. The summed E-state index contributed by atoms with van der Waals surface area (Å²) in [6.45, 7) is 0. The van der Waals surface area contributed by atoms with Crippen LogP contribution in [0.2, 0.25) is 10.0 Å². The molecule has 0 aliphatic carbocycles. The van der Waals surface area contributed by atoms with Crippen molar-refractivity contribution >= 4 is 62.5 Å². The molecule has 4 aromatic rings. The zero-order valence-corrected chi connectivity index (χ0v) is 30.0. The van der Waals surface area contributed by atoms with Crippen LogP contribution in [0.15, 0.2) is 75.8 Å². The number of aromatic carboxylic acids is 2. The number of rotatable bonds is 7. The van der Waals surface area contributed by atoms with E-state index in [1.54, 1.807) is 30.3 Å². The quantitative estimate of drug-likeness (QED) is 0.115. The summed E-state index contributed by atoms with van der Waals surface area (Å²) < 4.78 is 35.1. The Morgan fingerprint density at radius 1 is 0.854 bits per heavy atom. The molecule has 0 bridgehead atoms. The zero-order chi connectivity index (χ0) is 27.8. The first kappa shape index (κ1) is 37.7. The topological polar surface area (TPSA) is 206 Å². The van der Waals surface area contributed by atoms with Gasteiger partial charge in [0.05, 0.1) is 32.6 Å². The molecule has 1 heterocycles. The molecule has 0 spiro atoms. The molecule has 0 unspecified atom stereocenters. The third-order valence-electron chi connectivity index (χ3n) is 5.10. The van der Waals surface area contributed by atoms with E-state index in [0.29, 0.717) is 5.56 Å². The monoisotopic (exact) mass is 641 g/mol. The van der Waals surface area contributed by atoms with Crippen molar-refractivity contribution in [3.8, 4) is 16.9 Å². The summed E-state index contributed by atoms with van der Waals surface area (Å²) in [4.78, 5) is 22.1. The molecule has 0 fully saturated rings. The van der Waals surface area contributed by atoms with Crippen LogP contribution in [-0.4, -0.2) is 34.7 Å². The Balaban J connectivity index is 0.00000280. The molecule has 0 amide bonds. The van der Waals surface area contributed by atoms with Gasteiger partial charge in [0.15, 0.2) is 11.5 Å². The van der Waals surface area contributed by atoms with E-state index in [1.165, 1.54) is 0 Å². The first-order valence-corrected chi connectivity index (χ1v) is 12.4. The van der Waals surface area contributed by atoms with E-state index in [1.807, 2.05) is 0 Å². The number of nitrogens with two attached hydrogens (primary N) is 1. The average molecular weight is 642 g/mol. The minimum atomic E-state index is -4.90. The van der Waals surface area contributed by atoms with Crippen molar-refractivity contribution in [1.82, 2.24) is 9.78 Å². The van der Waals surface area contributed by atoms with E-state index in [2.05, 4.69) is 15.3 Å². The first-order chi connectivity index (χ1) is 17.9. The van der Waals surface area contributed by atoms with Crippen LogP contribution in [0.4, 0.5) is 17.2 Å². The Labute approximate surface area is 309 Å². The molecule has 0 aliphatic heterocycles. The number of nitrogen functional groups attached to an aromatic ring is 1. The van der Waals surface area contributed by atoms with E-state index >= 15 is 0 Å². The maximum atomic E-state index is 11.4. The minimum Gasteiger partial charge on any atom is -0.744 e. The number of aromatic nitrogens is 2. The number of hydrogen-bond donors (Lipinski definition) is 1. The van der Waals surface area contributed by atoms with Crippen LogP contribution in [0.1, 0.15) is 20.7 Å². The first-order valence-electron chi connectivity index (χ1n) is 10.3. The van der Waals surface area contributed by atoms with Gasteiger partial charge in [-0.2, -0.15) is 5.10 Å². The Morgan fingerprint density at radius 2 is 1.41 bits per heavy atom. The van der Waals surface area contributed by atoms with Crippen LogP contribution in [0.5, 0.6) is 0 Å². The largest absolute Gasteiger partial charge is 1.00 e. The number of anilines is 1. The average Bonchev–Trinajstić information content (AvgIpc) is 3.19. The molecule has 0 radical (unpaired) electrons. The molecule has 4 rings (SSSR count). The Kier molecular flexibility index (Phi) is 14.2. The summed E-state index contributed by atoms with van der Waals surface area (Å²) in [6, 6.07) is 13.4. The smallest absolute Gasteiger partial charge is 0.744 e. The van der Waals surface area contributed by atoms with Crippen LogP contribution < -0.4 is 105 Å². The van der Waals surface area contributed by atoms with E-state index in [4.69, 9.17) is 28.9 Å². The van der Waals surface area contributed by atoms with Crippen molar-refractivity contribution in [3.63, 3.8) is 0 Å². The third kappa shape index (κ3) is 8.63. The van der Waals surface area contributed by atoms with E-state index in [-0.39, 0.29) is 122 Å². The van der Waals surface area contributed by atoms with Gasteiger partial charge >= 0.3 is 88.7 Å². The van der Waals surface area contributed by atoms with Crippen molar-refractivity contribution in [1.29, 1.82) is 0 Å². The van der Waals surface area contributed by atoms with Gasteiger partial charge in [-0.05, 0) is 41.5 Å². The van der Waals surface area contributed by atoms with E-state index in [0.717, 1.165) is 35.0 Å². The number of azo groups is 1. The molecule has 194 valence electrons. The fourth-order valence-corrected chi connectivity index (χ4v) is 4.64. The molecule has 41 heavy (non-hydrogen) atoms. The second-order valence-corrected chi connectivity index (χ2v) is 9.75. The van der Waals surface area contributed by atoms with Gasteiger partial charge < -0.3 is 30.1 Å². The molecule has 0 saturated heterocycles. The number of carboxylic acids is 2. The molecule has 0 aliphatic rings. The summed E-state index contributed by atoms with van der Waals surface area (Å²) in [7, 11) is -4.90. The number of carbonyl (C=O) groups excluding carboxylic acids is 2. The Hall–Kier alpha value is -1.30. The normalized spacial score (nSPS) is 10.8. The summed E-state index contributed by atoms with van der Waals surface area (Å²) in [5.41, 5.74) is 5.86. The van der Waals surface area contributed by atoms with Crippen LogP contribution in [0, 0.1) is 0 Å². The predicted octanol–water partition coefficient (Wildman–Crippen LogP) is -6.51. The molecule has 18 heteroatoms. The molecule has 12 nitrogen and oxygen atoms in total. The number of benzene rings is 3. The summed E-state index contributed by atoms with van der Waals surface area (Å²) in [5, 5.41) is 34.7. The van der Waals surface area contributed by atoms with Crippen LogP contribution in [0.3, 0.4) is 0 Å². The second kappa shape index (κ2) is 15.4. The fourth-order valence-electron chi connectivity index (χ4n) is 3.37. The Bertz CT molecular complexity index is 1720. The van der Waals surface area contributed by atoms with Crippen molar-refractivity contribution in [2.24, 2.45) is 10.2 Å². The van der Waals surface area contributed by atoms with Gasteiger partial charge in [0.25, 0.3) is 0 Å². The standard InChI is InChI=1S/C23H15Cl2N5O7S.3Na/c24-15-10-18(38(35,36)37)16(25)9-17(15)27-28-20-19(11-4-2-1-3-5-11)29-30(21(20)26)14-7-12(22(31)32)6-13(8-14)23(33)34;;;/h1-10H,26H2,(H,31,32)(H,33,34)(H,35,36,37);;;/q;3*+1/p-3. The molecule has 3 aromatic carbocycles. The number of carboxylic acid groups (broad SMARTS) is 2. The molecular formula is C23H12Cl2N5Na3O7S. The maximum Gasteiger partial charge on any atom is 1.00 e. The fraction of sp³-hybridized carbons (Fsp3) is 0. The molecule has 0 atom stereocenters. The summed E-state index contributed by atoms with van der Waals surface area (Å²) in [6.07, 6.45) is 0. The Morgan fingerprint density at radius 3 is 1.93 bits per heavy atom. The van der Waals surface area contributed by atoms with Crippen LogP contribution in [-0.2, 0) is 10.1 Å². The van der Waals surface area contributed by atoms with Crippen molar-refractivity contribution in [2.75, 3.05) is 5.73 Å². The number of carbonyl (C=O) groups is 2. The third-order valence-corrected chi connectivity index (χ3v) is 6.71. The minimum absolute atomic E-state index is 0.